The maximum atomic E-state index is 12.7. The van der Waals surface area contributed by atoms with E-state index in [0.29, 0.717) is 6.54 Å². The normalized spacial score (nSPS) is 27.1. The van der Waals surface area contributed by atoms with Crippen LogP contribution in [0.2, 0.25) is 0 Å². The molecule has 0 bridgehead atoms. The summed E-state index contributed by atoms with van der Waals surface area (Å²) < 4.78 is 0. The average Bonchev–Trinajstić information content (AvgIpc) is 2.42. The number of amides is 2. The third-order valence-corrected chi connectivity index (χ3v) is 4.36. The van der Waals surface area contributed by atoms with Gasteiger partial charge in [0.1, 0.15) is 11.6 Å². The van der Waals surface area contributed by atoms with Crippen molar-refractivity contribution in [3.8, 4) is 0 Å². The van der Waals surface area contributed by atoms with Crippen LogP contribution in [0, 0.1) is 0 Å². The Morgan fingerprint density at radius 2 is 2.00 bits per heavy atom. The molecule has 0 aromatic heterocycles. The fourth-order valence-corrected chi connectivity index (χ4v) is 3.16. The van der Waals surface area contributed by atoms with Gasteiger partial charge >= 0.3 is 0 Å². The highest BCUT2D eigenvalue weighted by atomic mass is 16.2. The smallest absolute Gasteiger partial charge is 0.249 e. The first-order chi connectivity index (χ1) is 9.10. The number of piperazine rings is 1. The zero-order valence-corrected chi connectivity index (χ0v) is 11.9. The zero-order chi connectivity index (χ0) is 13.9. The molecule has 1 N–H and O–H groups in total. The highest BCUT2D eigenvalue weighted by Gasteiger charge is 2.49. The van der Waals surface area contributed by atoms with Gasteiger partial charge in [0.2, 0.25) is 11.8 Å². The summed E-state index contributed by atoms with van der Waals surface area (Å²) in [7, 11) is 0. The van der Waals surface area contributed by atoms with E-state index in [1.54, 1.807) is 4.90 Å². The first-order valence-electron chi connectivity index (χ1n) is 7.35. The molecule has 1 saturated heterocycles. The van der Waals surface area contributed by atoms with E-state index in [-0.39, 0.29) is 17.9 Å². The number of nitrogens with zero attached hydrogens (tertiary/aromatic N) is 1. The molecule has 1 saturated carbocycles. The summed E-state index contributed by atoms with van der Waals surface area (Å²) in [5, 5.41) is 3.00. The molecule has 1 spiro atoms. The minimum Gasteiger partial charge on any atom is -0.340 e. The Bertz CT molecular complexity index is 384. The monoisotopic (exact) mass is 264 g/mol. The van der Waals surface area contributed by atoms with Gasteiger partial charge in [-0.05, 0) is 33.1 Å². The summed E-state index contributed by atoms with van der Waals surface area (Å²) in [4.78, 5) is 26.6. The largest absolute Gasteiger partial charge is 0.340 e. The topological polar surface area (TPSA) is 49.4 Å². The van der Waals surface area contributed by atoms with Crippen LogP contribution in [0.1, 0.15) is 52.4 Å². The first-order valence-corrected chi connectivity index (χ1v) is 7.35. The summed E-state index contributed by atoms with van der Waals surface area (Å²) in [5.74, 6) is 0.130. The van der Waals surface area contributed by atoms with E-state index in [1.807, 2.05) is 26.0 Å². The van der Waals surface area contributed by atoms with Crippen molar-refractivity contribution in [2.24, 2.45) is 0 Å². The van der Waals surface area contributed by atoms with Gasteiger partial charge < -0.3 is 10.2 Å². The van der Waals surface area contributed by atoms with Crippen LogP contribution in [0.15, 0.2) is 12.2 Å². The molecule has 2 amide bonds. The molecule has 0 aromatic carbocycles. The maximum Gasteiger partial charge on any atom is 0.249 e. The van der Waals surface area contributed by atoms with E-state index in [1.165, 1.54) is 6.42 Å². The van der Waals surface area contributed by atoms with Gasteiger partial charge in [0.15, 0.2) is 0 Å². The predicted molar refractivity (Wildman–Crippen MR) is 74.6 cm³/mol. The van der Waals surface area contributed by atoms with Gasteiger partial charge in [0, 0.05) is 6.54 Å². The Kier molecular flexibility index (Phi) is 4.27. The van der Waals surface area contributed by atoms with Crippen molar-refractivity contribution in [1.29, 1.82) is 0 Å². The van der Waals surface area contributed by atoms with Gasteiger partial charge in [-0.2, -0.15) is 0 Å². The molecule has 1 heterocycles. The van der Waals surface area contributed by atoms with Gasteiger partial charge in [-0.25, -0.2) is 0 Å². The van der Waals surface area contributed by atoms with Crippen LogP contribution in [-0.4, -0.2) is 34.8 Å². The minimum atomic E-state index is -0.599. The summed E-state index contributed by atoms with van der Waals surface area (Å²) >= 11 is 0. The fraction of sp³-hybridized carbons (Fsp3) is 0.733. The van der Waals surface area contributed by atoms with Crippen LogP contribution in [0.3, 0.4) is 0 Å². The number of allylic oxidation sites excluding steroid dienone is 1. The van der Waals surface area contributed by atoms with E-state index in [0.717, 1.165) is 32.1 Å². The molecule has 2 fully saturated rings. The van der Waals surface area contributed by atoms with Crippen molar-refractivity contribution < 1.29 is 9.59 Å². The molecule has 2 rings (SSSR count). The molecule has 4 heteroatoms. The summed E-state index contributed by atoms with van der Waals surface area (Å²) in [6, 6.07) is -0.342. The Morgan fingerprint density at radius 3 is 2.63 bits per heavy atom. The lowest BCUT2D eigenvalue weighted by atomic mass is 9.78. The van der Waals surface area contributed by atoms with E-state index in [2.05, 4.69) is 5.32 Å². The third-order valence-electron chi connectivity index (χ3n) is 4.36. The van der Waals surface area contributed by atoms with Crippen LogP contribution in [0.5, 0.6) is 0 Å². The average molecular weight is 264 g/mol. The highest BCUT2D eigenvalue weighted by molar-refractivity contribution is 5.99. The number of rotatable bonds is 3. The van der Waals surface area contributed by atoms with Gasteiger partial charge in [0.25, 0.3) is 0 Å². The minimum absolute atomic E-state index is 0.00183. The molecule has 1 aliphatic carbocycles. The summed E-state index contributed by atoms with van der Waals surface area (Å²) in [6.45, 7) is 4.43. The van der Waals surface area contributed by atoms with E-state index < -0.39 is 5.54 Å². The van der Waals surface area contributed by atoms with Crippen molar-refractivity contribution >= 4 is 11.8 Å². The zero-order valence-electron chi connectivity index (χ0n) is 11.9. The second kappa shape index (κ2) is 5.76. The molecule has 4 nitrogen and oxygen atoms in total. The summed E-state index contributed by atoms with van der Waals surface area (Å²) in [6.07, 6.45) is 9.66. The van der Waals surface area contributed by atoms with Crippen LogP contribution >= 0.6 is 0 Å². The van der Waals surface area contributed by atoms with Crippen molar-refractivity contribution in [3.63, 3.8) is 0 Å². The highest BCUT2D eigenvalue weighted by Crippen LogP contribution is 2.33. The summed E-state index contributed by atoms with van der Waals surface area (Å²) in [5.41, 5.74) is -0.599. The molecule has 1 unspecified atom stereocenters. The lowest BCUT2D eigenvalue weighted by Gasteiger charge is -2.46. The third kappa shape index (κ3) is 2.67. The molecule has 2 aliphatic rings. The van der Waals surface area contributed by atoms with Gasteiger partial charge in [-0.15, -0.1) is 0 Å². The number of hydrogen-bond donors (Lipinski definition) is 1. The van der Waals surface area contributed by atoms with E-state index >= 15 is 0 Å². The molecular formula is C15H24N2O2. The molecule has 1 aliphatic heterocycles. The number of carbonyl (C=O) groups is 2. The Balaban J connectivity index is 2.15. The van der Waals surface area contributed by atoms with Gasteiger partial charge in [0.05, 0.1) is 0 Å². The van der Waals surface area contributed by atoms with Crippen molar-refractivity contribution in [1.82, 2.24) is 10.2 Å². The number of hydrogen-bond acceptors (Lipinski definition) is 2. The van der Waals surface area contributed by atoms with Gasteiger partial charge in [-0.3, -0.25) is 9.59 Å². The number of nitrogens with one attached hydrogen (secondary N) is 1. The van der Waals surface area contributed by atoms with Crippen molar-refractivity contribution in [2.75, 3.05) is 6.54 Å². The van der Waals surface area contributed by atoms with Crippen molar-refractivity contribution in [2.45, 2.75) is 64.0 Å². The number of carbonyl (C=O) groups excluding carboxylic acids is 2. The van der Waals surface area contributed by atoms with Crippen LogP contribution in [0.4, 0.5) is 0 Å². The Labute approximate surface area is 115 Å². The van der Waals surface area contributed by atoms with E-state index in [9.17, 15) is 9.59 Å². The molecule has 106 valence electrons. The van der Waals surface area contributed by atoms with Crippen LogP contribution < -0.4 is 5.32 Å². The second-order valence-corrected chi connectivity index (χ2v) is 5.66. The molecule has 0 aromatic rings. The maximum absolute atomic E-state index is 12.7. The second-order valence-electron chi connectivity index (χ2n) is 5.66. The fourth-order valence-electron chi connectivity index (χ4n) is 3.16. The standard InChI is InChI=1S/C15H24N2O2/c1-3-4-8-11-17-12(2)13(18)16-15(14(17)19)9-6-5-7-10-15/h3-4,12H,5-11H2,1-2H3,(H,16,18)/b4-3+. The molecule has 1 atom stereocenters. The first kappa shape index (κ1) is 14.1. The Hall–Kier alpha value is -1.32. The molecular weight excluding hydrogens is 240 g/mol. The molecule has 19 heavy (non-hydrogen) atoms. The van der Waals surface area contributed by atoms with Crippen LogP contribution in [-0.2, 0) is 9.59 Å². The van der Waals surface area contributed by atoms with Crippen molar-refractivity contribution in [3.05, 3.63) is 12.2 Å². The SMILES string of the molecule is C/C=C/CCN1C(=O)C2(CCCCC2)NC(=O)C1C. The Morgan fingerprint density at radius 1 is 1.32 bits per heavy atom. The quantitative estimate of drug-likeness (QED) is 0.793. The lowest BCUT2D eigenvalue weighted by molar-refractivity contribution is -0.155. The van der Waals surface area contributed by atoms with E-state index in [4.69, 9.17) is 0 Å². The predicted octanol–water partition coefficient (Wildman–Crippen LogP) is 2.00. The van der Waals surface area contributed by atoms with Crippen LogP contribution in [0.25, 0.3) is 0 Å². The lowest BCUT2D eigenvalue weighted by Crippen LogP contribution is -2.70. The van der Waals surface area contributed by atoms with Gasteiger partial charge in [-0.1, -0.05) is 31.4 Å². The molecule has 0 radical (unpaired) electrons.